The van der Waals surface area contributed by atoms with Crippen molar-refractivity contribution in [3.05, 3.63) is 41.7 Å². The van der Waals surface area contributed by atoms with E-state index in [1.165, 1.54) is 0 Å². The predicted molar refractivity (Wildman–Crippen MR) is 142 cm³/mol. The van der Waals surface area contributed by atoms with E-state index in [0.717, 1.165) is 52.7 Å². The Kier molecular flexibility index (Phi) is 6.15. The Bertz CT molecular complexity index is 1410. The fourth-order valence-corrected chi connectivity index (χ4v) is 6.03. The second kappa shape index (κ2) is 9.10. The van der Waals surface area contributed by atoms with Crippen LogP contribution in [-0.4, -0.2) is 42.1 Å². The Balaban J connectivity index is 1.61. The molecule has 0 aliphatic heterocycles. The smallest absolute Gasteiger partial charge is 0.228 e. The van der Waals surface area contributed by atoms with Crippen LogP contribution >= 0.6 is 28.4 Å². The van der Waals surface area contributed by atoms with Crippen molar-refractivity contribution in [1.82, 2.24) is 29.1 Å². The lowest BCUT2D eigenvalue weighted by molar-refractivity contribution is -0.117. The second-order valence-corrected chi connectivity index (χ2v) is 10.2. The molecular formula is C22H24IN8O2P. The van der Waals surface area contributed by atoms with E-state index >= 15 is 0 Å². The standard InChI is InChI=1S/C22H24IN8O2P/c1-11-24-12(2)30(29-11)17-7-5-6-15(20(17)33-4)26-16-10-18(28-22(32)14-8-9-14)27-21-19(16)25-13(3)31(21)34-23/h5-7,10,14,34H,8-9H2,1-4H3,(H2,26,27,28,32). The minimum Gasteiger partial charge on any atom is -0.492 e. The second-order valence-electron chi connectivity index (χ2n) is 8.17. The summed E-state index contributed by atoms with van der Waals surface area (Å²) in [5.41, 5.74) is 3.69. The van der Waals surface area contributed by atoms with Crippen molar-refractivity contribution in [3.8, 4) is 11.4 Å². The number of aryl methyl sites for hydroxylation is 3. The number of fused-ring (bicyclic) bond motifs is 1. The molecule has 0 spiro atoms. The number of aromatic nitrogens is 6. The molecule has 176 valence electrons. The van der Waals surface area contributed by atoms with Gasteiger partial charge in [0.25, 0.3) is 0 Å². The van der Waals surface area contributed by atoms with E-state index in [1.54, 1.807) is 11.8 Å². The number of halogens is 1. The maximum atomic E-state index is 12.4. The first-order valence-electron chi connectivity index (χ1n) is 10.8. The maximum absolute atomic E-state index is 12.4. The quantitative estimate of drug-likeness (QED) is 0.234. The monoisotopic (exact) mass is 590 g/mol. The van der Waals surface area contributed by atoms with E-state index < -0.39 is 0 Å². The number of nitrogens with one attached hydrogen (secondary N) is 2. The molecule has 5 rings (SSSR count). The summed E-state index contributed by atoms with van der Waals surface area (Å²) in [6.45, 7) is 5.72. The Morgan fingerprint density at radius 3 is 2.59 bits per heavy atom. The van der Waals surface area contributed by atoms with Crippen LogP contribution in [0.2, 0.25) is 0 Å². The van der Waals surface area contributed by atoms with E-state index in [2.05, 4.69) is 42.8 Å². The van der Waals surface area contributed by atoms with Gasteiger partial charge in [0.2, 0.25) is 5.91 Å². The first kappa shape index (κ1) is 23.0. The van der Waals surface area contributed by atoms with E-state index in [4.69, 9.17) is 14.7 Å². The zero-order valence-corrected chi connectivity index (χ0v) is 22.3. The summed E-state index contributed by atoms with van der Waals surface area (Å²) in [6.07, 6.45) is 2.28. The molecule has 0 radical (unpaired) electrons. The number of hydrogen-bond donors (Lipinski definition) is 2. The van der Waals surface area contributed by atoms with Crippen molar-refractivity contribution >= 4 is 62.7 Å². The van der Waals surface area contributed by atoms with E-state index in [-0.39, 0.29) is 11.8 Å². The fourth-order valence-electron chi connectivity index (χ4n) is 3.89. The summed E-state index contributed by atoms with van der Waals surface area (Å²) in [4.78, 5) is 26.3. The van der Waals surface area contributed by atoms with Crippen LogP contribution in [0.5, 0.6) is 5.75 Å². The minimum atomic E-state index is 0.00844. The average molecular weight is 590 g/mol. The number of carbonyl (C=O) groups is 1. The van der Waals surface area contributed by atoms with Gasteiger partial charge in [-0.3, -0.25) is 9.13 Å². The Labute approximate surface area is 211 Å². The lowest BCUT2D eigenvalue weighted by Crippen LogP contribution is -2.14. The van der Waals surface area contributed by atoms with Gasteiger partial charge in [-0.2, -0.15) is 5.10 Å². The van der Waals surface area contributed by atoms with Gasteiger partial charge in [0.05, 0.1) is 24.9 Å². The molecular weight excluding hydrogens is 566 g/mol. The van der Waals surface area contributed by atoms with E-state index in [9.17, 15) is 4.79 Å². The normalized spacial score (nSPS) is 13.7. The molecule has 0 bridgehead atoms. The van der Waals surface area contributed by atoms with Crippen LogP contribution < -0.4 is 15.4 Å². The Morgan fingerprint density at radius 2 is 1.94 bits per heavy atom. The maximum Gasteiger partial charge on any atom is 0.228 e. The van der Waals surface area contributed by atoms with Gasteiger partial charge in [0, 0.05) is 12.0 Å². The van der Waals surface area contributed by atoms with Crippen LogP contribution in [0.4, 0.5) is 17.2 Å². The van der Waals surface area contributed by atoms with Crippen molar-refractivity contribution in [2.75, 3.05) is 17.7 Å². The van der Waals surface area contributed by atoms with Gasteiger partial charge in [0.1, 0.15) is 34.5 Å². The number of anilines is 3. The molecule has 1 saturated carbocycles. The van der Waals surface area contributed by atoms with Gasteiger partial charge in [-0.25, -0.2) is 19.6 Å². The first-order chi connectivity index (χ1) is 16.4. The highest BCUT2D eigenvalue weighted by Crippen LogP contribution is 2.39. The molecule has 34 heavy (non-hydrogen) atoms. The number of para-hydroxylation sites is 1. The number of nitrogens with zero attached hydrogens (tertiary/aromatic N) is 6. The predicted octanol–water partition coefficient (Wildman–Crippen LogP) is 4.83. The highest BCUT2D eigenvalue weighted by Gasteiger charge is 2.30. The summed E-state index contributed by atoms with van der Waals surface area (Å²) in [6, 6.07) is 7.62. The molecule has 1 amide bonds. The summed E-state index contributed by atoms with van der Waals surface area (Å²) in [7, 11) is 1.63. The molecule has 12 heteroatoms. The van der Waals surface area contributed by atoms with Crippen LogP contribution in [0, 0.1) is 26.7 Å². The lowest BCUT2D eigenvalue weighted by atomic mass is 10.2. The molecule has 0 saturated heterocycles. The third-order valence-electron chi connectivity index (χ3n) is 5.64. The molecule has 3 aromatic heterocycles. The molecule has 3 heterocycles. The molecule has 4 aromatic rings. The van der Waals surface area contributed by atoms with Gasteiger partial charge >= 0.3 is 0 Å². The highest BCUT2D eigenvalue weighted by molar-refractivity contribution is 14.2. The van der Waals surface area contributed by atoms with E-state index in [0.29, 0.717) is 23.8 Å². The van der Waals surface area contributed by atoms with Gasteiger partial charge in [-0.15, -0.1) is 0 Å². The van der Waals surface area contributed by atoms with Crippen LogP contribution in [-0.2, 0) is 4.79 Å². The van der Waals surface area contributed by atoms with Gasteiger partial charge < -0.3 is 15.4 Å². The molecule has 1 atom stereocenters. The Morgan fingerprint density at radius 1 is 1.15 bits per heavy atom. The topological polar surface area (TPSA) is 112 Å². The number of rotatable bonds is 7. The molecule has 2 N–H and O–H groups in total. The third-order valence-corrected chi connectivity index (χ3v) is 7.79. The lowest BCUT2D eigenvalue weighted by Gasteiger charge is -2.16. The first-order valence-corrected chi connectivity index (χ1v) is 14.9. The SMILES string of the molecule is COc1c(Nc2cc(NC(=O)C3CC3)nc3c2nc(C)n3PI)cccc1-n1nc(C)nc1C. The largest absolute Gasteiger partial charge is 0.492 e. The number of pyridine rings is 1. The molecule has 10 nitrogen and oxygen atoms in total. The van der Waals surface area contributed by atoms with Gasteiger partial charge in [-0.1, -0.05) is 6.07 Å². The van der Waals surface area contributed by atoms with Crippen LogP contribution in [0.15, 0.2) is 24.3 Å². The third kappa shape index (κ3) is 4.22. The van der Waals surface area contributed by atoms with Crippen LogP contribution in [0.1, 0.15) is 30.3 Å². The number of carbonyl (C=O) groups excluding carboxylic acids is 1. The van der Waals surface area contributed by atoms with Crippen LogP contribution in [0.25, 0.3) is 16.9 Å². The highest BCUT2D eigenvalue weighted by atomic mass is 127. The molecule has 1 aromatic carbocycles. The van der Waals surface area contributed by atoms with Crippen LogP contribution in [0.3, 0.4) is 0 Å². The number of methoxy groups -OCH3 is 1. The Hall–Kier alpha value is -2.79. The zero-order chi connectivity index (χ0) is 24.0. The summed E-state index contributed by atoms with van der Waals surface area (Å²) in [5, 5.41) is 11.0. The van der Waals surface area contributed by atoms with Gasteiger partial charge in [0.15, 0.2) is 11.4 Å². The summed E-state index contributed by atoms with van der Waals surface area (Å²) in [5.74, 6) is 3.52. The van der Waals surface area contributed by atoms with Crippen molar-refractivity contribution in [3.63, 3.8) is 0 Å². The number of ether oxygens (including phenoxy) is 1. The van der Waals surface area contributed by atoms with Gasteiger partial charge in [-0.05, 0) is 67.8 Å². The zero-order valence-electron chi connectivity index (χ0n) is 19.2. The van der Waals surface area contributed by atoms with Crippen molar-refractivity contribution in [2.24, 2.45) is 5.92 Å². The number of benzene rings is 1. The van der Waals surface area contributed by atoms with Crippen molar-refractivity contribution in [2.45, 2.75) is 33.6 Å². The van der Waals surface area contributed by atoms with E-state index in [1.807, 2.05) is 49.4 Å². The summed E-state index contributed by atoms with van der Waals surface area (Å²) < 4.78 is 9.61. The molecule has 1 fully saturated rings. The molecule has 1 unspecified atom stereocenters. The summed E-state index contributed by atoms with van der Waals surface area (Å²) >= 11 is 2.31. The fraction of sp³-hybridized carbons (Fsp3) is 0.318. The number of hydrogen-bond acceptors (Lipinski definition) is 7. The number of amides is 1. The number of imidazole rings is 1. The van der Waals surface area contributed by atoms with Crippen molar-refractivity contribution in [1.29, 1.82) is 0 Å². The molecule has 1 aliphatic rings. The average Bonchev–Trinajstić information content (AvgIpc) is 3.53. The molecule has 1 aliphatic carbocycles. The minimum absolute atomic E-state index is 0.00844. The van der Waals surface area contributed by atoms with Crippen molar-refractivity contribution < 1.29 is 9.53 Å².